The van der Waals surface area contributed by atoms with Crippen LogP contribution < -0.4 is 0 Å². The van der Waals surface area contributed by atoms with Gasteiger partial charge >= 0.3 is 0 Å². The van der Waals surface area contributed by atoms with Crippen molar-refractivity contribution in [2.24, 2.45) is 5.92 Å². The molecule has 0 bridgehead atoms. The zero-order valence-corrected chi connectivity index (χ0v) is 10.1. The van der Waals surface area contributed by atoms with Gasteiger partial charge in [-0.15, -0.1) is 0 Å². The molecule has 0 aromatic carbocycles. The lowest BCUT2D eigenvalue weighted by Gasteiger charge is -2.20. The molecule has 2 aliphatic rings. The predicted octanol–water partition coefficient (Wildman–Crippen LogP) is 4.14. The van der Waals surface area contributed by atoms with Gasteiger partial charge in [0.1, 0.15) is 0 Å². The van der Waals surface area contributed by atoms with E-state index in [1.54, 1.807) is 0 Å². The Balaban J connectivity index is 2.15. The molecule has 0 saturated heterocycles. The van der Waals surface area contributed by atoms with Crippen LogP contribution in [0, 0.1) is 11.3 Å². The second kappa shape index (κ2) is 4.75. The van der Waals surface area contributed by atoms with Gasteiger partial charge in [-0.25, -0.2) is 0 Å². The van der Waals surface area contributed by atoms with Gasteiger partial charge in [-0.1, -0.05) is 46.3 Å². The minimum Gasteiger partial charge on any atom is -0.308 e. The van der Waals surface area contributed by atoms with E-state index >= 15 is 0 Å². The quantitative estimate of drug-likeness (QED) is 0.725. The van der Waals surface area contributed by atoms with Gasteiger partial charge in [0.25, 0.3) is 0 Å². The highest BCUT2D eigenvalue weighted by Gasteiger charge is 2.15. The van der Waals surface area contributed by atoms with Crippen LogP contribution in [-0.2, 0) is 0 Å². The SMILES string of the molecule is N=CC1=CC(C2C=CC=C(Br)C2)=CCC1. The van der Waals surface area contributed by atoms with E-state index in [9.17, 15) is 0 Å². The van der Waals surface area contributed by atoms with Crippen molar-refractivity contribution in [3.05, 3.63) is 46.0 Å². The molecule has 0 aromatic heterocycles. The van der Waals surface area contributed by atoms with Gasteiger partial charge in [0.15, 0.2) is 0 Å². The number of halogens is 1. The number of allylic oxidation sites excluding steroid dienone is 8. The predicted molar refractivity (Wildman–Crippen MR) is 68.4 cm³/mol. The van der Waals surface area contributed by atoms with E-state index in [0.717, 1.165) is 24.8 Å². The maximum absolute atomic E-state index is 7.28. The lowest BCUT2D eigenvalue weighted by molar-refractivity contribution is 0.763. The fourth-order valence-corrected chi connectivity index (χ4v) is 2.49. The third-order valence-electron chi connectivity index (χ3n) is 2.81. The maximum Gasteiger partial charge on any atom is 0.0210 e. The number of hydrogen-bond acceptors (Lipinski definition) is 1. The van der Waals surface area contributed by atoms with Crippen molar-refractivity contribution in [3.63, 3.8) is 0 Å². The normalized spacial score (nSPS) is 25.4. The smallest absolute Gasteiger partial charge is 0.0210 e. The van der Waals surface area contributed by atoms with Gasteiger partial charge in [0.2, 0.25) is 0 Å². The molecule has 0 spiro atoms. The Hall–Kier alpha value is -0.890. The first-order valence-electron chi connectivity index (χ1n) is 5.23. The van der Waals surface area contributed by atoms with Crippen LogP contribution in [0.4, 0.5) is 0 Å². The van der Waals surface area contributed by atoms with Crippen LogP contribution in [-0.4, -0.2) is 6.21 Å². The molecule has 15 heavy (non-hydrogen) atoms. The number of rotatable bonds is 2. The molecule has 0 aliphatic heterocycles. The van der Waals surface area contributed by atoms with Crippen molar-refractivity contribution in [1.82, 2.24) is 0 Å². The average Bonchev–Trinajstić information content (AvgIpc) is 2.29. The molecule has 2 heteroatoms. The first kappa shape index (κ1) is 10.6. The van der Waals surface area contributed by atoms with Crippen molar-refractivity contribution in [2.45, 2.75) is 19.3 Å². The summed E-state index contributed by atoms with van der Waals surface area (Å²) in [5.41, 5.74) is 2.51. The van der Waals surface area contributed by atoms with Crippen LogP contribution in [0.3, 0.4) is 0 Å². The number of hydrogen-bond donors (Lipinski definition) is 1. The minimum absolute atomic E-state index is 0.486. The van der Waals surface area contributed by atoms with Gasteiger partial charge in [0.05, 0.1) is 0 Å². The molecule has 1 atom stereocenters. The Kier molecular flexibility index (Phi) is 3.37. The lowest BCUT2D eigenvalue weighted by atomic mass is 9.87. The fraction of sp³-hybridized carbons (Fsp3) is 0.308. The Morgan fingerprint density at radius 1 is 1.47 bits per heavy atom. The summed E-state index contributed by atoms with van der Waals surface area (Å²) in [7, 11) is 0. The minimum atomic E-state index is 0.486. The molecule has 0 fully saturated rings. The van der Waals surface area contributed by atoms with Crippen molar-refractivity contribution in [3.8, 4) is 0 Å². The summed E-state index contributed by atoms with van der Waals surface area (Å²) in [5.74, 6) is 0.486. The van der Waals surface area contributed by atoms with Crippen LogP contribution in [0.15, 0.2) is 46.0 Å². The summed E-state index contributed by atoms with van der Waals surface area (Å²) in [5, 5.41) is 7.28. The van der Waals surface area contributed by atoms with E-state index in [0.29, 0.717) is 5.92 Å². The largest absolute Gasteiger partial charge is 0.308 e. The summed E-state index contributed by atoms with van der Waals surface area (Å²) >= 11 is 3.54. The summed E-state index contributed by atoms with van der Waals surface area (Å²) in [6.07, 6.45) is 15.5. The summed E-state index contributed by atoms with van der Waals surface area (Å²) < 4.78 is 1.26. The molecule has 0 saturated carbocycles. The number of nitrogens with one attached hydrogen (secondary N) is 1. The Labute approximate surface area is 98.9 Å². The van der Waals surface area contributed by atoms with E-state index in [2.05, 4.69) is 46.3 Å². The molecular formula is C13H14BrN. The monoisotopic (exact) mass is 263 g/mol. The zero-order chi connectivity index (χ0) is 10.7. The van der Waals surface area contributed by atoms with Gasteiger partial charge in [0, 0.05) is 12.1 Å². The molecule has 2 rings (SSSR count). The molecule has 0 radical (unpaired) electrons. The second-order valence-electron chi connectivity index (χ2n) is 3.92. The van der Waals surface area contributed by atoms with Crippen LogP contribution >= 0.6 is 15.9 Å². The van der Waals surface area contributed by atoms with Gasteiger partial charge < -0.3 is 5.41 Å². The van der Waals surface area contributed by atoms with E-state index in [4.69, 9.17) is 5.41 Å². The molecule has 0 heterocycles. The lowest BCUT2D eigenvalue weighted by Crippen LogP contribution is -2.05. The van der Waals surface area contributed by atoms with Crippen molar-refractivity contribution < 1.29 is 0 Å². The summed E-state index contributed by atoms with van der Waals surface area (Å²) in [6.45, 7) is 0. The van der Waals surface area contributed by atoms with E-state index in [-0.39, 0.29) is 0 Å². The standard InChI is InChI=1S/C13H14BrN/c14-13-6-2-5-12(8-13)11-4-1-3-10(7-11)9-15/h2,4-7,9,12,15H,1,3,8H2. The van der Waals surface area contributed by atoms with Gasteiger partial charge in [-0.3, -0.25) is 0 Å². The zero-order valence-electron chi connectivity index (χ0n) is 8.54. The average molecular weight is 264 g/mol. The fourth-order valence-electron chi connectivity index (χ4n) is 1.99. The molecular weight excluding hydrogens is 250 g/mol. The third kappa shape index (κ3) is 2.57. The Bertz CT molecular complexity index is 385. The Morgan fingerprint density at radius 3 is 3.07 bits per heavy atom. The molecule has 2 aliphatic carbocycles. The first-order valence-corrected chi connectivity index (χ1v) is 6.03. The third-order valence-corrected chi connectivity index (χ3v) is 3.40. The highest BCUT2D eigenvalue weighted by molar-refractivity contribution is 9.11. The molecule has 1 N–H and O–H groups in total. The first-order chi connectivity index (χ1) is 7.29. The highest BCUT2D eigenvalue weighted by atomic mass is 79.9. The topological polar surface area (TPSA) is 23.9 Å². The van der Waals surface area contributed by atoms with Crippen LogP contribution in [0.5, 0.6) is 0 Å². The van der Waals surface area contributed by atoms with Crippen LogP contribution in [0.25, 0.3) is 0 Å². The van der Waals surface area contributed by atoms with Crippen LogP contribution in [0.1, 0.15) is 19.3 Å². The second-order valence-corrected chi connectivity index (χ2v) is 4.93. The highest BCUT2D eigenvalue weighted by Crippen LogP contribution is 2.31. The van der Waals surface area contributed by atoms with E-state index in [1.165, 1.54) is 16.3 Å². The van der Waals surface area contributed by atoms with Crippen molar-refractivity contribution in [1.29, 1.82) is 5.41 Å². The summed E-state index contributed by atoms with van der Waals surface area (Å²) in [6, 6.07) is 0. The molecule has 1 nitrogen and oxygen atoms in total. The van der Waals surface area contributed by atoms with E-state index in [1.807, 2.05) is 0 Å². The molecule has 1 unspecified atom stereocenters. The van der Waals surface area contributed by atoms with Crippen LogP contribution in [0.2, 0.25) is 0 Å². The molecule has 0 amide bonds. The van der Waals surface area contributed by atoms with Gasteiger partial charge in [-0.05, 0) is 34.9 Å². The molecule has 78 valence electrons. The Morgan fingerprint density at radius 2 is 2.33 bits per heavy atom. The van der Waals surface area contributed by atoms with E-state index < -0.39 is 0 Å². The van der Waals surface area contributed by atoms with Crippen molar-refractivity contribution >= 4 is 22.1 Å². The summed E-state index contributed by atoms with van der Waals surface area (Å²) in [4.78, 5) is 0. The maximum atomic E-state index is 7.28. The molecule has 0 aromatic rings. The van der Waals surface area contributed by atoms with Gasteiger partial charge in [-0.2, -0.15) is 0 Å². The van der Waals surface area contributed by atoms with Crippen molar-refractivity contribution in [2.75, 3.05) is 0 Å².